The van der Waals surface area contributed by atoms with E-state index in [0.717, 1.165) is 35.5 Å². The molecule has 1 N–H and O–H groups in total. The number of anilines is 1. The lowest BCUT2D eigenvalue weighted by Crippen LogP contribution is -2.35. The molecule has 2 aromatic carbocycles. The molecule has 0 radical (unpaired) electrons. The van der Waals surface area contributed by atoms with Gasteiger partial charge in [-0.25, -0.2) is 0 Å². The molecule has 0 unspecified atom stereocenters. The van der Waals surface area contributed by atoms with E-state index in [2.05, 4.69) is 31.3 Å². The number of nitrogens with one attached hydrogen (secondary N) is 1. The Bertz CT molecular complexity index is 995. The lowest BCUT2D eigenvalue weighted by molar-refractivity contribution is -0.145. The zero-order chi connectivity index (χ0) is 21.0. The van der Waals surface area contributed by atoms with E-state index in [4.69, 9.17) is 9.47 Å². The Morgan fingerprint density at radius 1 is 1.13 bits per heavy atom. The molecule has 2 aliphatic carbocycles. The number of amides is 1. The van der Waals surface area contributed by atoms with Crippen LogP contribution in [0.5, 0.6) is 11.5 Å². The molecule has 2 bridgehead atoms. The van der Waals surface area contributed by atoms with Gasteiger partial charge in [0.15, 0.2) is 0 Å². The summed E-state index contributed by atoms with van der Waals surface area (Å²) in [5.74, 6) is 1.66. The van der Waals surface area contributed by atoms with E-state index in [0.29, 0.717) is 11.6 Å². The molecule has 0 spiro atoms. The van der Waals surface area contributed by atoms with Crippen molar-refractivity contribution < 1.29 is 19.1 Å². The van der Waals surface area contributed by atoms with Crippen molar-refractivity contribution in [1.82, 2.24) is 0 Å². The quantitative estimate of drug-likeness (QED) is 0.707. The van der Waals surface area contributed by atoms with Crippen molar-refractivity contribution in [1.29, 1.82) is 0 Å². The summed E-state index contributed by atoms with van der Waals surface area (Å²) in [4.78, 5) is 25.1. The van der Waals surface area contributed by atoms with Crippen molar-refractivity contribution in [3.8, 4) is 11.5 Å². The highest BCUT2D eigenvalue weighted by Gasteiger charge is 2.63. The summed E-state index contributed by atoms with van der Waals surface area (Å²) in [6.45, 7) is 6.34. The third-order valence-corrected chi connectivity index (χ3v) is 6.93. The summed E-state index contributed by atoms with van der Waals surface area (Å²) in [7, 11) is 0. The minimum absolute atomic E-state index is 0.0466. The normalized spacial score (nSPS) is 28.7. The maximum absolute atomic E-state index is 12.9. The number of hydrogen-bond acceptors (Lipinski definition) is 4. The van der Waals surface area contributed by atoms with Crippen molar-refractivity contribution in [3.63, 3.8) is 0 Å². The van der Waals surface area contributed by atoms with Crippen LogP contribution in [0.4, 0.5) is 5.69 Å². The summed E-state index contributed by atoms with van der Waals surface area (Å²) in [6, 6.07) is 13.7. The molecule has 5 rings (SSSR count). The number of carbonyl (C=O) groups is 2. The third-order valence-electron chi connectivity index (χ3n) is 6.93. The zero-order valence-electron chi connectivity index (χ0n) is 17.6. The first-order chi connectivity index (χ1) is 14.4. The maximum atomic E-state index is 12.9. The number of aryl methyl sites for hydroxylation is 1. The van der Waals surface area contributed by atoms with Gasteiger partial charge in [0.2, 0.25) is 5.91 Å². The number of carbonyl (C=O) groups excluding carboxylic acids is 2. The molecule has 5 atom stereocenters. The summed E-state index contributed by atoms with van der Waals surface area (Å²) in [5.41, 5.74) is 3.03. The van der Waals surface area contributed by atoms with Gasteiger partial charge in [-0.3, -0.25) is 9.59 Å². The highest BCUT2D eigenvalue weighted by Crippen LogP contribution is 2.57. The second-order valence-corrected chi connectivity index (χ2v) is 9.23. The van der Waals surface area contributed by atoms with E-state index in [-0.39, 0.29) is 41.7 Å². The van der Waals surface area contributed by atoms with Gasteiger partial charge < -0.3 is 14.8 Å². The molecule has 1 aliphatic heterocycles. The largest absolute Gasteiger partial charge is 0.462 e. The summed E-state index contributed by atoms with van der Waals surface area (Å²) in [6.07, 6.45) is 1.80. The summed E-state index contributed by atoms with van der Waals surface area (Å²) >= 11 is 0. The molecule has 1 amide bonds. The average molecular weight is 405 g/mol. The number of fused-ring (bicyclic) bond motifs is 1. The number of hydrogen-bond donors (Lipinski definition) is 1. The Balaban J connectivity index is 1.28. The van der Waals surface area contributed by atoms with Crippen LogP contribution >= 0.6 is 0 Å². The van der Waals surface area contributed by atoms with E-state index in [1.165, 1.54) is 0 Å². The van der Waals surface area contributed by atoms with Crippen LogP contribution in [0, 0.1) is 30.6 Å². The Hall–Kier alpha value is -2.82. The lowest BCUT2D eigenvalue weighted by atomic mass is 9.79. The van der Waals surface area contributed by atoms with Crippen LogP contribution in [0.1, 0.15) is 43.7 Å². The Labute approximate surface area is 176 Å². The van der Waals surface area contributed by atoms with Crippen molar-refractivity contribution in [2.45, 2.75) is 45.6 Å². The molecule has 2 saturated carbocycles. The van der Waals surface area contributed by atoms with Gasteiger partial charge in [0.1, 0.15) is 17.6 Å². The maximum Gasteiger partial charge on any atom is 0.310 e. The van der Waals surface area contributed by atoms with E-state index in [1.54, 1.807) is 0 Å². The zero-order valence-corrected chi connectivity index (χ0v) is 17.6. The van der Waals surface area contributed by atoms with Gasteiger partial charge in [-0.05, 0) is 73.1 Å². The van der Waals surface area contributed by atoms with Gasteiger partial charge in [0.05, 0.1) is 11.8 Å². The number of esters is 1. The summed E-state index contributed by atoms with van der Waals surface area (Å²) in [5, 5.41) is 3.00. The van der Waals surface area contributed by atoms with Gasteiger partial charge in [-0.15, -0.1) is 0 Å². The SMILES string of the molecule is Cc1ccc(C(C)C)c(Oc2ccc(NC(=O)[C@@H]3[C@H]4C[C@@H]5[C@@H]3C(=O)O[C@@H]5C4)cc2)c1. The molecule has 1 heterocycles. The topological polar surface area (TPSA) is 64.6 Å². The molecule has 2 aromatic rings. The molecule has 0 aromatic heterocycles. The van der Waals surface area contributed by atoms with Crippen LogP contribution in [-0.2, 0) is 14.3 Å². The molecule has 1 saturated heterocycles. The molecule has 3 aliphatic rings. The molecular formula is C25H27NO4. The molecule has 156 valence electrons. The van der Waals surface area contributed by atoms with Crippen molar-refractivity contribution in [2.75, 3.05) is 5.32 Å². The number of ether oxygens (including phenoxy) is 2. The Morgan fingerprint density at radius 2 is 1.90 bits per heavy atom. The highest BCUT2D eigenvalue weighted by atomic mass is 16.6. The smallest absolute Gasteiger partial charge is 0.310 e. The minimum Gasteiger partial charge on any atom is -0.462 e. The summed E-state index contributed by atoms with van der Waals surface area (Å²) < 4.78 is 11.6. The fraction of sp³-hybridized carbons (Fsp3) is 0.440. The van der Waals surface area contributed by atoms with Crippen LogP contribution in [0.2, 0.25) is 0 Å². The number of rotatable bonds is 5. The van der Waals surface area contributed by atoms with E-state index in [9.17, 15) is 9.59 Å². The fourth-order valence-corrected chi connectivity index (χ4v) is 5.53. The first-order valence-electron chi connectivity index (χ1n) is 10.8. The molecular weight excluding hydrogens is 378 g/mol. The Morgan fingerprint density at radius 3 is 2.63 bits per heavy atom. The predicted octanol–water partition coefficient (Wildman–Crippen LogP) is 5.05. The van der Waals surface area contributed by atoms with Crippen molar-refractivity contribution >= 4 is 17.6 Å². The Kier molecular flexibility index (Phi) is 4.57. The molecule has 5 nitrogen and oxygen atoms in total. The second kappa shape index (κ2) is 7.15. The standard InChI is InChI=1S/C25H27NO4/c1-13(2)18-9-4-14(3)10-20(18)29-17-7-5-16(6-8-17)26-24(27)22-15-11-19-21(12-15)30-25(28)23(19)22/h4-10,13,15,19,21-23H,11-12H2,1-3H3,(H,26,27)/t15-,19-,21+,22+,23-/m0/s1. The second-order valence-electron chi connectivity index (χ2n) is 9.23. The van der Waals surface area contributed by atoms with E-state index < -0.39 is 0 Å². The van der Waals surface area contributed by atoms with Gasteiger partial charge in [0.25, 0.3) is 0 Å². The van der Waals surface area contributed by atoms with Crippen LogP contribution in [0.25, 0.3) is 0 Å². The average Bonchev–Trinajstić information content (AvgIpc) is 3.32. The van der Waals surface area contributed by atoms with Crippen molar-refractivity contribution in [3.05, 3.63) is 53.6 Å². The van der Waals surface area contributed by atoms with Crippen LogP contribution in [0.15, 0.2) is 42.5 Å². The minimum atomic E-state index is -0.266. The monoisotopic (exact) mass is 405 g/mol. The van der Waals surface area contributed by atoms with Gasteiger partial charge in [-0.1, -0.05) is 26.0 Å². The van der Waals surface area contributed by atoms with E-state index >= 15 is 0 Å². The van der Waals surface area contributed by atoms with Crippen LogP contribution < -0.4 is 10.1 Å². The van der Waals surface area contributed by atoms with Gasteiger partial charge in [-0.2, -0.15) is 0 Å². The van der Waals surface area contributed by atoms with E-state index in [1.807, 2.05) is 37.3 Å². The molecule has 3 fully saturated rings. The first kappa shape index (κ1) is 19.2. The lowest BCUT2D eigenvalue weighted by Gasteiger charge is -2.23. The predicted molar refractivity (Wildman–Crippen MR) is 113 cm³/mol. The number of benzene rings is 2. The highest BCUT2D eigenvalue weighted by molar-refractivity contribution is 5.97. The van der Waals surface area contributed by atoms with Crippen molar-refractivity contribution in [2.24, 2.45) is 23.7 Å². The first-order valence-corrected chi connectivity index (χ1v) is 10.8. The van der Waals surface area contributed by atoms with Gasteiger partial charge in [0, 0.05) is 11.6 Å². The fourth-order valence-electron chi connectivity index (χ4n) is 5.53. The third kappa shape index (κ3) is 3.17. The van der Waals surface area contributed by atoms with Crippen LogP contribution in [-0.4, -0.2) is 18.0 Å². The molecule has 30 heavy (non-hydrogen) atoms. The van der Waals surface area contributed by atoms with Gasteiger partial charge >= 0.3 is 5.97 Å². The molecule has 5 heteroatoms. The van der Waals surface area contributed by atoms with Crippen LogP contribution in [0.3, 0.4) is 0 Å².